The first-order valence-corrected chi connectivity index (χ1v) is 8.12. The van der Waals surface area contributed by atoms with Crippen LogP contribution in [0.1, 0.15) is 30.3 Å². The largest absolute Gasteiger partial charge is 0.461 e. The highest BCUT2D eigenvalue weighted by Crippen LogP contribution is 2.28. The van der Waals surface area contributed by atoms with Crippen LogP contribution >= 0.6 is 0 Å². The van der Waals surface area contributed by atoms with Gasteiger partial charge in [0.05, 0.1) is 24.4 Å². The SMILES string of the molecule is CCOC(=O)c1cc(NC(=O)COCC2CC2)c2ccccc2n1. The van der Waals surface area contributed by atoms with E-state index in [4.69, 9.17) is 9.47 Å². The van der Waals surface area contributed by atoms with Crippen LogP contribution in [-0.2, 0) is 14.3 Å². The number of ether oxygens (including phenoxy) is 2. The van der Waals surface area contributed by atoms with Crippen LogP contribution < -0.4 is 5.32 Å². The molecule has 6 nitrogen and oxygen atoms in total. The van der Waals surface area contributed by atoms with E-state index in [1.807, 2.05) is 18.2 Å². The molecule has 0 unspecified atom stereocenters. The molecular formula is C18H20N2O4. The minimum Gasteiger partial charge on any atom is -0.461 e. The Morgan fingerprint density at radius 1 is 1.29 bits per heavy atom. The number of nitrogens with one attached hydrogen (secondary N) is 1. The Morgan fingerprint density at radius 2 is 2.08 bits per heavy atom. The third kappa shape index (κ3) is 4.08. The number of para-hydroxylation sites is 1. The molecule has 1 aliphatic carbocycles. The maximum atomic E-state index is 12.1. The van der Waals surface area contributed by atoms with E-state index in [0.29, 0.717) is 23.7 Å². The molecule has 0 saturated heterocycles. The lowest BCUT2D eigenvalue weighted by atomic mass is 10.1. The fourth-order valence-corrected chi connectivity index (χ4v) is 2.38. The Balaban J connectivity index is 1.78. The Kier molecular flexibility index (Phi) is 5.05. The first-order chi connectivity index (χ1) is 11.7. The van der Waals surface area contributed by atoms with Gasteiger partial charge in [0, 0.05) is 5.39 Å². The van der Waals surface area contributed by atoms with Gasteiger partial charge in [0.25, 0.3) is 0 Å². The third-order valence-electron chi connectivity index (χ3n) is 3.76. The topological polar surface area (TPSA) is 77.5 Å². The van der Waals surface area contributed by atoms with E-state index in [9.17, 15) is 9.59 Å². The monoisotopic (exact) mass is 328 g/mol. The first-order valence-electron chi connectivity index (χ1n) is 8.12. The molecule has 1 N–H and O–H groups in total. The molecule has 24 heavy (non-hydrogen) atoms. The van der Waals surface area contributed by atoms with E-state index in [2.05, 4.69) is 10.3 Å². The van der Waals surface area contributed by atoms with Gasteiger partial charge in [-0.25, -0.2) is 9.78 Å². The van der Waals surface area contributed by atoms with Crippen LogP contribution in [-0.4, -0.2) is 36.7 Å². The Hall–Kier alpha value is -2.47. The number of carbonyl (C=O) groups excluding carboxylic acids is 2. The number of aromatic nitrogens is 1. The fraction of sp³-hybridized carbons (Fsp3) is 0.389. The summed E-state index contributed by atoms with van der Waals surface area (Å²) in [6, 6.07) is 8.86. The van der Waals surface area contributed by atoms with Gasteiger partial charge in [0.2, 0.25) is 5.91 Å². The Morgan fingerprint density at radius 3 is 2.83 bits per heavy atom. The van der Waals surface area contributed by atoms with Crippen LogP contribution in [0.3, 0.4) is 0 Å². The van der Waals surface area contributed by atoms with Crippen LogP contribution in [0.4, 0.5) is 5.69 Å². The van der Waals surface area contributed by atoms with Crippen molar-refractivity contribution in [2.24, 2.45) is 5.92 Å². The normalized spacial score (nSPS) is 13.7. The van der Waals surface area contributed by atoms with Crippen molar-refractivity contribution < 1.29 is 19.1 Å². The van der Waals surface area contributed by atoms with Gasteiger partial charge in [-0.15, -0.1) is 0 Å². The molecule has 1 fully saturated rings. The van der Waals surface area contributed by atoms with Crippen molar-refractivity contribution >= 4 is 28.5 Å². The third-order valence-corrected chi connectivity index (χ3v) is 3.76. The number of carbonyl (C=O) groups is 2. The second kappa shape index (κ2) is 7.40. The highest BCUT2D eigenvalue weighted by atomic mass is 16.5. The molecule has 0 bridgehead atoms. The van der Waals surface area contributed by atoms with E-state index < -0.39 is 5.97 Å². The van der Waals surface area contributed by atoms with Crippen molar-refractivity contribution in [2.45, 2.75) is 19.8 Å². The van der Waals surface area contributed by atoms with Crippen molar-refractivity contribution in [3.63, 3.8) is 0 Å². The van der Waals surface area contributed by atoms with Crippen molar-refractivity contribution in [1.82, 2.24) is 4.98 Å². The summed E-state index contributed by atoms with van der Waals surface area (Å²) in [5, 5.41) is 3.57. The van der Waals surface area contributed by atoms with Crippen LogP contribution in [0, 0.1) is 5.92 Å². The zero-order chi connectivity index (χ0) is 16.9. The summed E-state index contributed by atoms with van der Waals surface area (Å²) in [6.07, 6.45) is 2.36. The lowest BCUT2D eigenvalue weighted by Gasteiger charge is -2.11. The van der Waals surface area contributed by atoms with E-state index >= 15 is 0 Å². The van der Waals surface area contributed by atoms with Gasteiger partial charge in [-0.2, -0.15) is 0 Å². The van der Waals surface area contributed by atoms with Gasteiger partial charge >= 0.3 is 5.97 Å². The molecule has 0 atom stereocenters. The number of anilines is 1. The summed E-state index contributed by atoms with van der Waals surface area (Å²) in [4.78, 5) is 28.3. The summed E-state index contributed by atoms with van der Waals surface area (Å²) in [7, 11) is 0. The number of amides is 1. The molecule has 126 valence electrons. The molecule has 2 aromatic rings. The number of nitrogens with zero attached hydrogens (tertiary/aromatic N) is 1. The average Bonchev–Trinajstić information content (AvgIpc) is 3.39. The molecule has 1 amide bonds. The maximum Gasteiger partial charge on any atom is 0.357 e. The van der Waals surface area contributed by atoms with Crippen molar-refractivity contribution in [3.05, 3.63) is 36.0 Å². The Bertz CT molecular complexity index is 756. The van der Waals surface area contributed by atoms with E-state index in [-0.39, 0.29) is 24.8 Å². The minimum atomic E-state index is -0.510. The highest BCUT2D eigenvalue weighted by molar-refractivity contribution is 6.04. The predicted octanol–water partition coefficient (Wildman–Crippen LogP) is 2.78. The minimum absolute atomic E-state index is 0.00187. The number of esters is 1. The smallest absolute Gasteiger partial charge is 0.357 e. The van der Waals surface area contributed by atoms with E-state index in [1.54, 1.807) is 19.1 Å². The first kappa shape index (κ1) is 16.4. The van der Waals surface area contributed by atoms with E-state index in [1.165, 1.54) is 12.8 Å². The molecule has 1 saturated carbocycles. The second-order valence-corrected chi connectivity index (χ2v) is 5.80. The highest BCUT2D eigenvalue weighted by Gasteiger charge is 2.21. The van der Waals surface area contributed by atoms with Crippen molar-refractivity contribution in [2.75, 3.05) is 25.1 Å². The molecule has 1 aromatic carbocycles. The average molecular weight is 328 g/mol. The van der Waals surface area contributed by atoms with E-state index in [0.717, 1.165) is 5.39 Å². The molecular weight excluding hydrogens is 308 g/mol. The second-order valence-electron chi connectivity index (χ2n) is 5.80. The molecule has 0 aliphatic heterocycles. The van der Waals surface area contributed by atoms with Gasteiger partial charge in [-0.3, -0.25) is 4.79 Å². The summed E-state index contributed by atoms with van der Waals surface area (Å²) >= 11 is 0. The molecule has 0 spiro atoms. The van der Waals surface area contributed by atoms with Crippen LogP contribution in [0.5, 0.6) is 0 Å². The lowest BCUT2D eigenvalue weighted by Crippen LogP contribution is -2.20. The van der Waals surface area contributed by atoms with Gasteiger partial charge < -0.3 is 14.8 Å². The number of benzene rings is 1. The molecule has 6 heteroatoms. The number of rotatable bonds is 7. The molecule has 1 aliphatic rings. The summed E-state index contributed by atoms with van der Waals surface area (Å²) in [5.74, 6) is -0.152. The molecule has 1 heterocycles. The number of pyridine rings is 1. The predicted molar refractivity (Wildman–Crippen MR) is 89.9 cm³/mol. The zero-order valence-corrected chi connectivity index (χ0v) is 13.6. The molecule has 1 aromatic heterocycles. The summed E-state index contributed by atoms with van der Waals surface area (Å²) in [6.45, 7) is 2.63. The molecule has 3 rings (SSSR count). The summed E-state index contributed by atoms with van der Waals surface area (Å²) < 4.78 is 10.4. The van der Waals surface area contributed by atoms with Crippen LogP contribution in [0.2, 0.25) is 0 Å². The van der Waals surface area contributed by atoms with Gasteiger partial charge in [0.15, 0.2) is 5.69 Å². The zero-order valence-electron chi connectivity index (χ0n) is 13.6. The lowest BCUT2D eigenvalue weighted by molar-refractivity contribution is -0.120. The number of hydrogen-bond donors (Lipinski definition) is 1. The Labute approximate surface area is 140 Å². The number of hydrogen-bond acceptors (Lipinski definition) is 5. The molecule has 0 radical (unpaired) electrons. The van der Waals surface area contributed by atoms with Gasteiger partial charge in [-0.05, 0) is 37.8 Å². The van der Waals surface area contributed by atoms with Crippen molar-refractivity contribution in [1.29, 1.82) is 0 Å². The van der Waals surface area contributed by atoms with Crippen LogP contribution in [0.25, 0.3) is 10.9 Å². The van der Waals surface area contributed by atoms with Crippen molar-refractivity contribution in [3.8, 4) is 0 Å². The quantitative estimate of drug-likeness (QED) is 0.791. The standard InChI is InChI=1S/C18H20N2O4/c1-2-24-18(22)16-9-15(13-5-3-4-6-14(13)19-16)20-17(21)11-23-10-12-7-8-12/h3-6,9,12H,2,7-8,10-11H2,1H3,(H,19,20,21). The van der Waals surface area contributed by atoms with Crippen LogP contribution in [0.15, 0.2) is 30.3 Å². The summed E-state index contributed by atoms with van der Waals surface area (Å²) in [5.41, 5.74) is 1.32. The fourth-order valence-electron chi connectivity index (χ4n) is 2.38. The number of fused-ring (bicyclic) bond motifs is 1. The maximum absolute atomic E-state index is 12.1. The van der Waals surface area contributed by atoms with Gasteiger partial charge in [0.1, 0.15) is 6.61 Å². The van der Waals surface area contributed by atoms with Gasteiger partial charge in [-0.1, -0.05) is 18.2 Å².